The summed E-state index contributed by atoms with van der Waals surface area (Å²) < 4.78 is 0. The second-order valence-corrected chi connectivity index (χ2v) is 10.5. The van der Waals surface area contributed by atoms with Gasteiger partial charge in [0.1, 0.15) is 0 Å². The van der Waals surface area contributed by atoms with Crippen LogP contribution in [0.4, 0.5) is 0 Å². The number of pyridine rings is 1. The number of hydrogen-bond acceptors (Lipinski definition) is 1. The molecule has 4 aromatic rings. The molecule has 0 atom stereocenters. The van der Waals surface area contributed by atoms with E-state index in [0.717, 1.165) is 11.1 Å². The van der Waals surface area contributed by atoms with Crippen molar-refractivity contribution < 1.29 is 0 Å². The summed E-state index contributed by atoms with van der Waals surface area (Å²) in [7, 11) is 0. The minimum Gasteiger partial charge on any atom is -0.248 e. The molecule has 0 aliphatic carbocycles. The Morgan fingerprint density at radius 1 is 0.333 bits per heavy atom. The van der Waals surface area contributed by atoms with Gasteiger partial charge in [0.2, 0.25) is 0 Å². The summed E-state index contributed by atoms with van der Waals surface area (Å²) in [5.41, 5.74) is 3.89. The molecule has 1 heterocycles. The van der Waals surface area contributed by atoms with E-state index in [1.165, 1.54) is 0 Å². The first-order valence-electron chi connectivity index (χ1n) is 9.02. The molecule has 0 saturated carbocycles. The zero-order chi connectivity index (χ0) is 24.0. The van der Waals surface area contributed by atoms with Crippen LogP contribution in [0.2, 0.25) is 45.2 Å². The average Bonchev–Trinajstić information content (AvgIpc) is 2.78. The molecule has 0 amide bonds. The number of hydrogen-bond donors (Lipinski definition) is 0. The van der Waals surface area contributed by atoms with Crippen LogP contribution in [0.25, 0.3) is 33.6 Å². The Morgan fingerprint density at radius 3 is 0.879 bits per heavy atom. The molecule has 168 valence electrons. The summed E-state index contributed by atoms with van der Waals surface area (Å²) in [6.07, 6.45) is 0. The normalized spacial score (nSPS) is 11.2. The van der Waals surface area contributed by atoms with Gasteiger partial charge in [0, 0.05) is 11.1 Å². The van der Waals surface area contributed by atoms with E-state index in [1.807, 2.05) is 12.1 Å². The van der Waals surface area contributed by atoms with Gasteiger partial charge in [-0.2, -0.15) is 0 Å². The Labute approximate surface area is 235 Å². The van der Waals surface area contributed by atoms with Crippen LogP contribution in [-0.2, 0) is 0 Å². The molecular formula is C23H8Cl9N. The summed E-state index contributed by atoms with van der Waals surface area (Å²) in [6.45, 7) is 0. The van der Waals surface area contributed by atoms with Crippen LogP contribution in [0.1, 0.15) is 0 Å². The van der Waals surface area contributed by atoms with Gasteiger partial charge in [-0.15, -0.1) is 0 Å². The average molecular weight is 617 g/mol. The molecule has 0 bridgehead atoms. The fourth-order valence-corrected chi connectivity index (χ4v) is 4.91. The predicted molar refractivity (Wildman–Crippen MR) is 146 cm³/mol. The van der Waals surface area contributed by atoms with E-state index in [0.29, 0.717) is 52.7 Å². The van der Waals surface area contributed by atoms with Gasteiger partial charge >= 0.3 is 0 Å². The second-order valence-electron chi connectivity index (χ2n) is 6.89. The van der Waals surface area contributed by atoms with Crippen molar-refractivity contribution in [2.45, 2.75) is 0 Å². The number of nitrogens with zero attached hydrogens (tertiary/aromatic N) is 1. The minimum absolute atomic E-state index is 0.256. The lowest BCUT2D eigenvalue weighted by Crippen LogP contribution is -1.93. The van der Waals surface area contributed by atoms with E-state index < -0.39 is 0 Å². The highest BCUT2D eigenvalue weighted by Gasteiger charge is 2.16. The van der Waals surface area contributed by atoms with Gasteiger partial charge in [0.15, 0.2) is 0 Å². The van der Waals surface area contributed by atoms with Crippen molar-refractivity contribution in [3.05, 3.63) is 93.7 Å². The lowest BCUT2D eigenvalue weighted by Gasteiger charge is -2.13. The molecule has 10 heteroatoms. The third-order valence-electron chi connectivity index (χ3n) is 4.70. The molecule has 0 unspecified atom stereocenters. The first-order valence-corrected chi connectivity index (χ1v) is 12.4. The summed E-state index contributed by atoms with van der Waals surface area (Å²) in [5, 5.41) is 2.59. The molecule has 0 spiro atoms. The summed E-state index contributed by atoms with van der Waals surface area (Å²) in [6, 6.07) is 13.8. The van der Waals surface area contributed by atoms with E-state index in [2.05, 4.69) is 0 Å². The molecule has 0 N–H and O–H groups in total. The van der Waals surface area contributed by atoms with Crippen molar-refractivity contribution in [3.8, 4) is 33.6 Å². The molecule has 0 aliphatic heterocycles. The maximum Gasteiger partial charge on any atom is 0.0778 e. The molecule has 1 nitrogen and oxygen atoms in total. The third-order valence-corrected chi connectivity index (χ3v) is 8.29. The zero-order valence-corrected chi connectivity index (χ0v) is 22.8. The highest BCUT2D eigenvalue weighted by Crippen LogP contribution is 2.41. The molecular weight excluding hydrogens is 609 g/mol. The maximum atomic E-state index is 6.27. The maximum absolute atomic E-state index is 6.27. The Hall–Kier alpha value is -0.580. The van der Waals surface area contributed by atoms with Crippen molar-refractivity contribution in [1.82, 2.24) is 4.98 Å². The van der Waals surface area contributed by atoms with Crippen LogP contribution in [-0.4, -0.2) is 4.98 Å². The lowest BCUT2D eigenvalue weighted by atomic mass is 10.00. The lowest BCUT2D eigenvalue weighted by molar-refractivity contribution is 1.32. The first kappa shape index (κ1) is 25.5. The van der Waals surface area contributed by atoms with Gasteiger partial charge in [-0.1, -0.05) is 104 Å². The van der Waals surface area contributed by atoms with Crippen LogP contribution in [0.5, 0.6) is 0 Å². The van der Waals surface area contributed by atoms with Gasteiger partial charge in [0.05, 0.1) is 56.6 Å². The molecule has 0 saturated heterocycles. The standard InChI is InChI=1S/C23H8Cl9N/c24-13-1-9(2-14(25)21(13)30)10-7-19(11-3-15(26)22(31)16(27)4-11)33-20(8-10)12-5-17(28)23(32)18(29)6-12/h1-8H. The van der Waals surface area contributed by atoms with Gasteiger partial charge in [0.25, 0.3) is 0 Å². The highest BCUT2D eigenvalue weighted by atomic mass is 35.5. The summed E-state index contributed by atoms with van der Waals surface area (Å²) in [4.78, 5) is 4.77. The van der Waals surface area contributed by atoms with Crippen molar-refractivity contribution in [3.63, 3.8) is 0 Å². The fraction of sp³-hybridized carbons (Fsp3) is 0. The Balaban J connectivity index is 2.00. The van der Waals surface area contributed by atoms with Gasteiger partial charge < -0.3 is 0 Å². The second kappa shape index (κ2) is 10.2. The monoisotopic (exact) mass is 613 g/mol. The zero-order valence-electron chi connectivity index (χ0n) is 16.0. The van der Waals surface area contributed by atoms with Crippen molar-refractivity contribution in [1.29, 1.82) is 0 Å². The van der Waals surface area contributed by atoms with Crippen LogP contribution < -0.4 is 0 Å². The fourth-order valence-electron chi connectivity index (χ4n) is 3.12. The number of aromatic nitrogens is 1. The van der Waals surface area contributed by atoms with E-state index in [9.17, 15) is 0 Å². The van der Waals surface area contributed by atoms with Crippen LogP contribution >= 0.6 is 104 Å². The number of rotatable bonds is 3. The molecule has 1 aromatic heterocycles. The highest BCUT2D eigenvalue weighted by molar-refractivity contribution is 6.49. The van der Waals surface area contributed by atoms with E-state index in [1.54, 1.807) is 36.4 Å². The van der Waals surface area contributed by atoms with Crippen molar-refractivity contribution >= 4 is 104 Å². The van der Waals surface area contributed by atoms with Gasteiger partial charge in [-0.3, -0.25) is 0 Å². The number of benzene rings is 3. The van der Waals surface area contributed by atoms with E-state index in [4.69, 9.17) is 109 Å². The van der Waals surface area contributed by atoms with E-state index >= 15 is 0 Å². The van der Waals surface area contributed by atoms with Gasteiger partial charge in [-0.05, 0) is 59.7 Å². The molecule has 0 fully saturated rings. The Kier molecular flexibility index (Phi) is 7.88. The van der Waals surface area contributed by atoms with Crippen LogP contribution in [0, 0.1) is 0 Å². The van der Waals surface area contributed by atoms with Crippen molar-refractivity contribution in [2.75, 3.05) is 0 Å². The first-order chi connectivity index (χ1) is 15.5. The Morgan fingerprint density at radius 2 is 0.576 bits per heavy atom. The quantitative estimate of drug-likeness (QED) is 0.209. The summed E-state index contributed by atoms with van der Waals surface area (Å²) in [5.74, 6) is 0. The molecule has 33 heavy (non-hydrogen) atoms. The largest absolute Gasteiger partial charge is 0.248 e. The molecule has 3 aromatic carbocycles. The van der Waals surface area contributed by atoms with Crippen LogP contribution in [0.3, 0.4) is 0 Å². The van der Waals surface area contributed by atoms with E-state index in [-0.39, 0.29) is 15.1 Å². The molecule has 0 aliphatic rings. The Bertz CT molecular complexity index is 1160. The predicted octanol–water partition coefficient (Wildman–Crippen LogP) is 12.0. The smallest absolute Gasteiger partial charge is 0.0778 e. The topological polar surface area (TPSA) is 12.9 Å². The number of halogens is 9. The van der Waals surface area contributed by atoms with Crippen molar-refractivity contribution in [2.24, 2.45) is 0 Å². The SMILES string of the molecule is Clc1cc(-c2cc(-c3cc(Cl)c(Cl)c(Cl)c3)nc(-c3cc(Cl)c(Cl)c(Cl)c3)c2)cc(Cl)c1Cl. The molecule has 4 rings (SSSR count). The minimum atomic E-state index is 0.256. The van der Waals surface area contributed by atoms with Crippen LogP contribution in [0.15, 0.2) is 48.5 Å². The molecule has 0 radical (unpaired) electrons. The third kappa shape index (κ3) is 5.33. The van der Waals surface area contributed by atoms with Gasteiger partial charge in [-0.25, -0.2) is 4.98 Å². The summed E-state index contributed by atoms with van der Waals surface area (Å²) >= 11 is 55.9.